The number of carbonyl (C=O) groups excluding carboxylic acids is 1. The standard InChI is InChI=1S/C23H19NO2/c25-23(24-19-14-13-15-7-1-2-8-16(15)19)22-17-9-3-5-11-20(17)26-21-12-6-4-10-18(21)22/h1-12,19,22H,13-14H2,(H,24,25)/t19-/m1/s1. The van der Waals surface area contributed by atoms with E-state index in [9.17, 15) is 4.79 Å². The molecule has 5 rings (SSSR count). The third kappa shape index (κ3) is 2.39. The molecule has 1 heterocycles. The molecule has 0 aromatic heterocycles. The second-order valence-corrected chi connectivity index (χ2v) is 6.91. The minimum atomic E-state index is -0.344. The van der Waals surface area contributed by atoms with Gasteiger partial charge in [-0.3, -0.25) is 4.79 Å². The van der Waals surface area contributed by atoms with Gasteiger partial charge in [-0.25, -0.2) is 0 Å². The number of amides is 1. The number of hydrogen-bond donors (Lipinski definition) is 1. The number of benzene rings is 3. The molecule has 3 heteroatoms. The van der Waals surface area contributed by atoms with E-state index in [2.05, 4.69) is 23.5 Å². The fourth-order valence-corrected chi connectivity index (χ4v) is 4.15. The van der Waals surface area contributed by atoms with Crippen molar-refractivity contribution in [1.29, 1.82) is 0 Å². The Morgan fingerprint density at radius 1 is 0.808 bits per heavy atom. The lowest BCUT2D eigenvalue weighted by atomic mass is 9.87. The summed E-state index contributed by atoms with van der Waals surface area (Å²) in [5, 5.41) is 3.29. The zero-order valence-electron chi connectivity index (χ0n) is 14.3. The van der Waals surface area contributed by atoms with E-state index < -0.39 is 0 Å². The van der Waals surface area contributed by atoms with Crippen LogP contribution in [0.1, 0.15) is 40.6 Å². The van der Waals surface area contributed by atoms with Crippen molar-refractivity contribution in [3.8, 4) is 11.5 Å². The average Bonchev–Trinajstić information content (AvgIpc) is 3.09. The summed E-state index contributed by atoms with van der Waals surface area (Å²) in [7, 11) is 0. The molecule has 0 fully saturated rings. The van der Waals surface area contributed by atoms with Gasteiger partial charge in [-0.2, -0.15) is 0 Å². The van der Waals surface area contributed by atoms with Crippen molar-refractivity contribution < 1.29 is 9.53 Å². The van der Waals surface area contributed by atoms with Crippen molar-refractivity contribution in [3.05, 3.63) is 95.1 Å². The van der Waals surface area contributed by atoms with Gasteiger partial charge in [0.1, 0.15) is 11.5 Å². The van der Waals surface area contributed by atoms with Crippen LogP contribution in [0.5, 0.6) is 11.5 Å². The summed E-state index contributed by atoms with van der Waals surface area (Å²) >= 11 is 0. The van der Waals surface area contributed by atoms with Gasteiger partial charge in [-0.05, 0) is 36.1 Å². The van der Waals surface area contributed by atoms with Gasteiger partial charge < -0.3 is 10.1 Å². The number of hydrogen-bond acceptors (Lipinski definition) is 2. The SMILES string of the molecule is O=C(N[C@@H]1CCc2ccccc21)C1c2ccccc2Oc2ccccc21. The normalized spacial score (nSPS) is 17.6. The van der Waals surface area contributed by atoms with Crippen LogP contribution in [0.2, 0.25) is 0 Å². The number of rotatable bonds is 2. The second kappa shape index (κ2) is 6.03. The predicted octanol–water partition coefficient (Wildman–Crippen LogP) is 4.73. The molecule has 3 aromatic carbocycles. The molecule has 128 valence electrons. The summed E-state index contributed by atoms with van der Waals surface area (Å²) in [6, 6.07) is 24.1. The average molecular weight is 341 g/mol. The van der Waals surface area contributed by atoms with Crippen LogP contribution in [0, 0.1) is 0 Å². The van der Waals surface area contributed by atoms with Gasteiger partial charge in [0.2, 0.25) is 5.91 Å². The molecule has 1 amide bonds. The van der Waals surface area contributed by atoms with Crippen molar-refractivity contribution in [3.63, 3.8) is 0 Å². The van der Waals surface area contributed by atoms with Gasteiger partial charge in [-0.1, -0.05) is 60.7 Å². The molecule has 0 spiro atoms. The molecule has 0 radical (unpaired) electrons. The molecule has 1 N–H and O–H groups in total. The molecule has 0 bridgehead atoms. The van der Waals surface area contributed by atoms with Gasteiger partial charge in [0.05, 0.1) is 12.0 Å². The summed E-state index contributed by atoms with van der Waals surface area (Å²) in [6.07, 6.45) is 1.97. The first-order valence-corrected chi connectivity index (χ1v) is 9.05. The fraction of sp³-hybridized carbons (Fsp3) is 0.174. The van der Waals surface area contributed by atoms with Crippen molar-refractivity contribution in [2.24, 2.45) is 0 Å². The first kappa shape index (κ1) is 15.2. The van der Waals surface area contributed by atoms with Gasteiger partial charge in [0.25, 0.3) is 0 Å². The summed E-state index contributed by atoms with van der Waals surface area (Å²) < 4.78 is 6.00. The fourth-order valence-electron chi connectivity index (χ4n) is 4.15. The third-order valence-corrected chi connectivity index (χ3v) is 5.39. The van der Waals surface area contributed by atoms with E-state index in [1.165, 1.54) is 11.1 Å². The molecular weight excluding hydrogens is 322 g/mol. The van der Waals surface area contributed by atoms with E-state index in [-0.39, 0.29) is 17.9 Å². The predicted molar refractivity (Wildman–Crippen MR) is 100 cm³/mol. The van der Waals surface area contributed by atoms with Crippen LogP contribution in [0.4, 0.5) is 0 Å². The van der Waals surface area contributed by atoms with E-state index in [0.717, 1.165) is 35.5 Å². The quantitative estimate of drug-likeness (QED) is 0.732. The highest BCUT2D eigenvalue weighted by atomic mass is 16.5. The van der Waals surface area contributed by atoms with Gasteiger partial charge in [-0.15, -0.1) is 0 Å². The maximum Gasteiger partial charge on any atom is 0.232 e. The van der Waals surface area contributed by atoms with Crippen molar-refractivity contribution in [2.45, 2.75) is 24.8 Å². The summed E-state index contributed by atoms with van der Waals surface area (Å²) in [6.45, 7) is 0. The first-order chi connectivity index (χ1) is 12.8. The Balaban J connectivity index is 1.51. The Morgan fingerprint density at radius 3 is 2.08 bits per heavy atom. The van der Waals surface area contributed by atoms with Crippen molar-refractivity contribution in [2.75, 3.05) is 0 Å². The highest BCUT2D eigenvalue weighted by Crippen LogP contribution is 2.44. The second-order valence-electron chi connectivity index (χ2n) is 6.91. The number of nitrogens with one attached hydrogen (secondary N) is 1. The molecule has 0 saturated heterocycles. The third-order valence-electron chi connectivity index (χ3n) is 5.39. The number of ether oxygens (including phenoxy) is 1. The van der Waals surface area contributed by atoms with Crippen LogP contribution in [0.25, 0.3) is 0 Å². The van der Waals surface area contributed by atoms with Crippen molar-refractivity contribution >= 4 is 5.91 Å². The lowest BCUT2D eigenvalue weighted by Crippen LogP contribution is -2.33. The Morgan fingerprint density at radius 2 is 1.38 bits per heavy atom. The van der Waals surface area contributed by atoms with Gasteiger partial charge in [0.15, 0.2) is 0 Å². The Bertz CT molecular complexity index is 949. The summed E-state index contributed by atoms with van der Waals surface area (Å²) in [4.78, 5) is 13.3. The highest BCUT2D eigenvalue weighted by molar-refractivity contribution is 5.90. The van der Waals surface area contributed by atoms with E-state index in [1.807, 2.05) is 54.6 Å². The molecule has 1 aliphatic carbocycles. The van der Waals surface area contributed by atoms with Crippen LogP contribution in [0.3, 0.4) is 0 Å². The Hall–Kier alpha value is -3.07. The topological polar surface area (TPSA) is 38.3 Å². The Kier molecular flexibility index (Phi) is 3.52. The lowest BCUT2D eigenvalue weighted by Gasteiger charge is -2.28. The van der Waals surface area contributed by atoms with E-state index in [4.69, 9.17) is 4.74 Å². The van der Waals surface area contributed by atoms with Crippen LogP contribution < -0.4 is 10.1 Å². The monoisotopic (exact) mass is 341 g/mol. The van der Waals surface area contributed by atoms with Gasteiger partial charge in [0, 0.05) is 11.1 Å². The number of fused-ring (bicyclic) bond motifs is 3. The first-order valence-electron chi connectivity index (χ1n) is 9.05. The van der Waals surface area contributed by atoms with E-state index in [1.54, 1.807) is 0 Å². The number of carbonyl (C=O) groups is 1. The molecule has 0 saturated carbocycles. The van der Waals surface area contributed by atoms with Crippen LogP contribution in [-0.4, -0.2) is 5.91 Å². The van der Waals surface area contributed by atoms with Crippen LogP contribution in [0.15, 0.2) is 72.8 Å². The molecule has 26 heavy (non-hydrogen) atoms. The molecule has 0 unspecified atom stereocenters. The number of para-hydroxylation sites is 2. The zero-order valence-corrected chi connectivity index (χ0v) is 14.3. The molecule has 1 aliphatic heterocycles. The smallest absolute Gasteiger partial charge is 0.232 e. The summed E-state index contributed by atoms with van der Waals surface area (Å²) in [5.74, 6) is 1.22. The highest BCUT2D eigenvalue weighted by Gasteiger charge is 2.34. The molecular formula is C23H19NO2. The van der Waals surface area contributed by atoms with Crippen molar-refractivity contribution in [1.82, 2.24) is 5.32 Å². The number of aryl methyl sites for hydroxylation is 1. The molecule has 1 atom stereocenters. The van der Waals surface area contributed by atoms with Gasteiger partial charge >= 0.3 is 0 Å². The maximum atomic E-state index is 13.3. The minimum absolute atomic E-state index is 0.0369. The molecule has 3 aromatic rings. The van der Waals surface area contributed by atoms with Crippen LogP contribution in [-0.2, 0) is 11.2 Å². The maximum absolute atomic E-state index is 13.3. The minimum Gasteiger partial charge on any atom is -0.457 e. The Labute approximate surface area is 152 Å². The van der Waals surface area contributed by atoms with E-state index in [0.29, 0.717) is 0 Å². The largest absolute Gasteiger partial charge is 0.457 e. The van der Waals surface area contributed by atoms with E-state index >= 15 is 0 Å². The molecule has 3 nitrogen and oxygen atoms in total. The summed E-state index contributed by atoms with van der Waals surface area (Å²) in [5.41, 5.74) is 4.44. The van der Waals surface area contributed by atoms with Crippen LogP contribution >= 0.6 is 0 Å². The molecule has 2 aliphatic rings. The zero-order chi connectivity index (χ0) is 17.5. The lowest BCUT2D eigenvalue weighted by molar-refractivity contribution is -0.122.